The number of benzene rings is 1. The molecule has 0 aliphatic carbocycles. The second-order valence-electron chi connectivity index (χ2n) is 5.53. The third kappa shape index (κ3) is 5.39. The normalized spacial score (nSPS) is 12.9. The maximum absolute atomic E-state index is 4.27. The first-order valence-electron chi connectivity index (χ1n) is 8.10. The summed E-state index contributed by atoms with van der Waals surface area (Å²) in [5, 5.41) is 14.8. The minimum Gasteiger partial charge on any atom is -0.354 e. The van der Waals surface area contributed by atoms with Gasteiger partial charge in [0.25, 0.3) is 0 Å². The first kappa shape index (κ1) is 17.0. The summed E-state index contributed by atoms with van der Waals surface area (Å²) in [5.74, 6) is 1.70. The fourth-order valence-corrected chi connectivity index (χ4v) is 2.37. The van der Waals surface area contributed by atoms with E-state index in [0.717, 1.165) is 31.2 Å². The van der Waals surface area contributed by atoms with Crippen LogP contribution in [0.25, 0.3) is 0 Å². The van der Waals surface area contributed by atoms with Gasteiger partial charge in [0.2, 0.25) is 0 Å². The van der Waals surface area contributed by atoms with Crippen LogP contribution in [0.15, 0.2) is 41.7 Å². The number of aliphatic imine (C=N–C) groups is 1. The average Bonchev–Trinajstić information content (AvgIpc) is 3.05. The number of nitrogens with one attached hydrogen (secondary N) is 2. The smallest absolute Gasteiger partial charge is 0.191 e. The van der Waals surface area contributed by atoms with E-state index >= 15 is 0 Å². The van der Waals surface area contributed by atoms with Crippen molar-refractivity contribution in [2.75, 3.05) is 7.05 Å². The molecular formula is C17H26N6. The van der Waals surface area contributed by atoms with E-state index in [1.165, 1.54) is 5.56 Å². The van der Waals surface area contributed by atoms with Gasteiger partial charge < -0.3 is 15.2 Å². The average molecular weight is 314 g/mol. The van der Waals surface area contributed by atoms with E-state index in [2.05, 4.69) is 63.9 Å². The Bertz CT molecular complexity index is 605. The lowest BCUT2D eigenvalue weighted by Gasteiger charge is -2.18. The Kier molecular flexibility index (Phi) is 6.59. The molecule has 23 heavy (non-hydrogen) atoms. The van der Waals surface area contributed by atoms with Crippen LogP contribution >= 0.6 is 0 Å². The van der Waals surface area contributed by atoms with Crippen LogP contribution in [-0.4, -0.2) is 33.8 Å². The van der Waals surface area contributed by atoms with Crippen molar-refractivity contribution in [3.8, 4) is 0 Å². The Morgan fingerprint density at radius 3 is 2.78 bits per heavy atom. The number of hydrogen-bond donors (Lipinski definition) is 2. The highest BCUT2D eigenvalue weighted by atomic mass is 15.3. The second kappa shape index (κ2) is 8.92. The Labute approximate surface area is 138 Å². The van der Waals surface area contributed by atoms with Gasteiger partial charge in [0.1, 0.15) is 6.33 Å². The van der Waals surface area contributed by atoms with Crippen molar-refractivity contribution >= 4 is 5.96 Å². The van der Waals surface area contributed by atoms with E-state index in [9.17, 15) is 0 Å². The fourth-order valence-electron chi connectivity index (χ4n) is 2.37. The van der Waals surface area contributed by atoms with Crippen molar-refractivity contribution in [2.45, 2.75) is 45.8 Å². The molecule has 0 amide bonds. The van der Waals surface area contributed by atoms with Gasteiger partial charge in [-0.2, -0.15) is 0 Å². The van der Waals surface area contributed by atoms with Gasteiger partial charge in [0.05, 0.1) is 6.54 Å². The van der Waals surface area contributed by atoms with Crippen LogP contribution in [0.5, 0.6) is 0 Å². The Hall–Kier alpha value is -2.37. The molecule has 2 N–H and O–H groups in total. The monoisotopic (exact) mass is 314 g/mol. The summed E-state index contributed by atoms with van der Waals surface area (Å²) in [4.78, 5) is 4.27. The number of aryl methyl sites for hydroxylation is 2. The van der Waals surface area contributed by atoms with Gasteiger partial charge in [-0.1, -0.05) is 30.3 Å². The lowest BCUT2D eigenvalue weighted by Crippen LogP contribution is -2.42. The van der Waals surface area contributed by atoms with Gasteiger partial charge in [-0.25, -0.2) is 0 Å². The highest BCUT2D eigenvalue weighted by molar-refractivity contribution is 5.79. The van der Waals surface area contributed by atoms with Crippen molar-refractivity contribution < 1.29 is 0 Å². The lowest BCUT2D eigenvalue weighted by molar-refractivity contribution is 0.588. The van der Waals surface area contributed by atoms with Crippen LogP contribution < -0.4 is 10.6 Å². The molecule has 1 atom stereocenters. The topological polar surface area (TPSA) is 67.1 Å². The van der Waals surface area contributed by atoms with Crippen LogP contribution in [-0.2, 0) is 19.5 Å². The quantitative estimate of drug-likeness (QED) is 0.606. The van der Waals surface area contributed by atoms with Crippen LogP contribution in [0.4, 0.5) is 0 Å². The molecule has 0 aliphatic rings. The van der Waals surface area contributed by atoms with Crippen molar-refractivity contribution in [1.29, 1.82) is 0 Å². The molecule has 0 radical (unpaired) electrons. The SMILES string of the molecule is CCn1cnnc1CNC(=NC)NC(C)CCc1ccccc1. The summed E-state index contributed by atoms with van der Waals surface area (Å²) in [6.45, 7) is 5.72. The van der Waals surface area contributed by atoms with Crippen molar-refractivity contribution in [2.24, 2.45) is 4.99 Å². The standard InChI is InChI=1S/C17H26N6/c1-4-23-13-20-22-16(23)12-19-17(18-3)21-14(2)10-11-15-8-6-5-7-9-15/h5-9,13-14H,4,10-12H2,1-3H3,(H2,18,19,21). The largest absolute Gasteiger partial charge is 0.354 e. The van der Waals surface area contributed by atoms with Gasteiger partial charge in [0.15, 0.2) is 11.8 Å². The predicted octanol–water partition coefficient (Wildman–Crippen LogP) is 1.98. The van der Waals surface area contributed by atoms with E-state index in [4.69, 9.17) is 0 Å². The second-order valence-corrected chi connectivity index (χ2v) is 5.53. The fraction of sp³-hybridized carbons (Fsp3) is 0.471. The molecule has 0 saturated heterocycles. The summed E-state index contributed by atoms with van der Waals surface area (Å²) < 4.78 is 2.01. The molecule has 1 aromatic heterocycles. The molecule has 1 aromatic carbocycles. The molecular weight excluding hydrogens is 288 g/mol. The minimum atomic E-state index is 0.338. The summed E-state index contributed by atoms with van der Waals surface area (Å²) in [5.41, 5.74) is 1.36. The van der Waals surface area contributed by atoms with Crippen molar-refractivity contribution in [3.63, 3.8) is 0 Å². The first-order chi connectivity index (χ1) is 11.2. The summed E-state index contributed by atoms with van der Waals surface area (Å²) in [6.07, 6.45) is 3.85. The lowest BCUT2D eigenvalue weighted by atomic mass is 10.1. The zero-order chi connectivity index (χ0) is 16.5. The van der Waals surface area contributed by atoms with Crippen LogP contribution in [0.1, 0.15) is 31.7 Å². The van der Waals surface area contributed by atoms with E-state index in [-0.39, 0.29) is 0 Å². The molecule has 1 unspecified atom stereocenters. The van der Waals surface area contributed by atoms with Gasteiger partial charge >= 0.3 is 0 Å². The third-order valence-corrected chi connectivity index (χ3v) is 3.77. The Morgan fingerprint density at radius 2 is 2.09 bits per heavy atom. The molecule has 0 aliphatic heterocycles. The molecule has 0 bridgehead atoms. The number of nitrogens with zero attached hydrogens (tertiary/aromatic N) is 4. The van der Waals surface area contributed by atoms with E-state index < -0.39 is 0 Å². The molecule has 6 heteroatoms. The highest BCUT2D eigenvalue weighted by Crippen LogP contribution is 2.04. The molecule has 6 nitrogen and oxygen atoms in total. The van der Waals surface area contributed by atoms with Gasteiger partial charge in [-0.3, -0.25) is 4.99 Å². The number of hydrogen-bond acceptors (Lipinski definition) is 3. The van der Waals surface area contributed by atoms with Crippen LogP contribution in [0.2, 0.25) is 0 Å². The third-order valence-electron chi connectivity index (χ3n) is 3.77. The Balaban J connectivity index is 1.77. The molecule has 0 fully saturated rings. The first-order valence-corrected chi connectivity index (χ1v) is 8.10. The van der Waals surface area contributed by atoms with Crippen LogP contribution in [0.3, 0.4) is 0 Å². The molecule has 1 heterocycles. The maximum Gasteiger partial charge on any atom is 0.191 e. The molecule has 124 valence electrons. The summed E-state index contributed by atoms with van der Waals surface area (Å²) >= 11 is 0. The number of rotatable bonds is 7. The van der Waals surface area contributed by atoms with Crippen molar-refractivity contribution in [1.82, 2.24) is 25.4 Å². The van der Waals surface area contributed by atoms with Gasteiger partial charge in [0, 0.05) is 19.6 Å². The van der Waals surface area contributed by atoms with E-state index in [1.807, 2.05) is 10.6 Å². The molecule has 0 saturated carbocycles. The molecule has 2 rings (SSSR count). The maximum atomic E-state index is 4.27. The molecule has 2 aromatic rings. The number of guanidine groups is 1. The van der Waals surface area contributed by atoms with Gasteiger partial charge in [-0.15, -0.1) is 10.2 Å². The zero-order valence-electron chi connectivity index (χ0n) is 14.2. The molecule has 0 spiro atoms. The summed E-state index contributed by atoms with van der Waals surface area (Å²) in [6, 6.07) is 10.9. The van der Waals surface area contributed by atoms with Gasteiger partial charge in [-0.05, 0) is 32.3 Å². The van der Waals surface area contributed by atoms with E-state index in [1.54, 1.807) is 13.4 Å². The minimum absolute atomic E-state index is 0.338. The zero-order valence-corrected chi connectivity index (χ0v) is 14.2. The number of aromatic nitrogens is 3. The van der Waals surface area contributed by atoms with Crippen molar-refractivity contribution in [3.05, 3.63) is 48.0 Å². The highest BCUT2D eigenvalue weighted by Gasteiger charge is 2.07. The predicted molar refractivity (Wildman–Crippen MR) is 93.3 cm³/mol. The van der Waals surface area contributed by atoms with E-state index in [0.29, 0.717) is 12.6 Å². The van der Waals surface area contributed by atoms with Crippen LogP contribution in [0, 0.1) is 0 Å². The summed E-state index contributed by atoms with van der Waals surface area (Å²) in [7, 11) is 1.78. The Morgan fingerprint density at radius 1 is 1.30 bits per heavy atom.